The monoisotopic (exact) mass is 675 g/mol. The summed E-state index contributed by atoms with van der Waals surface area (Å²) in [6.07, 6.45) is 5.46. The maximum absolute atomic E-state index is 13.6. The number of nitrogens with one attached hydrogen (secondary N) is 2. The molecule has 0 aliphatic heterocycles. The zero-order chi connectivity index (χ0) is 32.7. The van der Waals surface area contributed by atoms with Gasteiger partial charge in [0.25, 0.3) is 11.8 Å². The molecule has 0 spiro atoms. The summed E-state index contributed by atoms with van der Waals surface area (Å²) < 4.78 is 19.8. The lowest BCUT2D eigenvalue weighted by atomic mass is 10.1. The van der Waals surface area contributed by atoms with E-state index >= 15 is 0 Å². The van der Waals surface area contributed by atoms with E-state index in [1.165, 1.54) is 12.1 Å². The van der Waals surface area contributed by atoms with E-state index in [0.29, 0.717) is 74.4 Å². The number of aromatic nitrogens is 1. The lowest BCUT2D eigenvalue weighted by Crippen LogP contribution is -2.27. The standard InChI is InChI=1S/C23H20ClFN2O2.C14H16ClNO2/c24-14-3-1-13(2-4-14)23(28)27-12-20-17-10-16(11-18(17)20)29-22-7-8-26-21-6-5-15(25)9-19(21)22;15-9-3-1-8(2-4-9)14(18)16-7-13-11-5-10(17)6-12(11)13/h1-9,16-18,20H,10-12H2,(H,27,28);1-4,10-13,17H,5-7H2,(H,16,18)/t16?,17-,18+,20?;10?,11-,12+,13?. The van der Waals surface area contributed by atoms with Gasteiger partial charge in [0, 0.05) is 45.8 Å². The van der Waals surface area contributed by atoms with Gasteiger partial charge < -0.3 is 20.5 Å². The molecule has 4 aliphatic rings. The third-order valence-electron chi connectivity index (χ3n) is 10.3. The van der Waals surface area contributed by atoms with Gasteiger partial charge in [0.1, 0.15) is 11.6 Å². The Hall–Kier alpha value is -3.72. The van der Waals surface area contributed by atoms with E-state index in [1.54, 1.807) is 66.9 Å². The molecule has 4 fully saturated rings. The number of carbonyl (C=O) groups is 2. The lowest BCUT2D eigenvalue weighted by molar-refractivity contribution is 0.0940. The number of ether oxygens (including phenoxy) is 1. The van der Waals surface area contributed by atoms with Crippen molar-refractivity contribution in [3.63, 3.8) is 0 Å². The summed E-state index contributed by atoms with van der Waals surface area (Å²) in [4.78, 5) is 28.4. The highest BCUT2D eigenvalue weighted by atomic mass is 35.5. The van der Waals surface area contributed by atoms with Crippen LogP contribution in [0.3, 0.4) is 0 Å². The van der Waals surface area contributed by atoms with Gasteiger partial charge in [-0.25, -0.2) is 4.39 Å². The third kappa shape index (κ3) is 7.25. The van der Waals surface area contributed by atoms with E-state index in [-0.39, 0.29) is 29.8 Å². The summed E-state index contributed by atoms with van der Waals surface area (Å²) in [5.74, 6) is 3.79. The number of halogens is 3. The Morgan fingerprint density at radius 3 is 1.81 bits per heavy atom. The average Bonchev–Trinajstić information content (AvgIpc) is 3.74. The van der Waals surface area contributed by atoms with Crippen molar-refractivity contribution in [3.05, 3.63) is 106 Å². The second kappa shape index (κ2) is 13.4. The molecule has 3 aromatic carbocycles. The van der Waals surface area contributed by atoms with Crippen LogP contribution in [-0.2, 0) is 0 Å². The number of rotatable bonds is 8. The topological polar surface area (TPSA) is 101 Å². The van der Waals surface area contributed by atoms with Crippen LogP contribution in [0.15, 0.2) is 79.0 Å². The number of amides is 2. The Bertz CT molecular complexity index is 1750. The van der Waals surface area contributed by atoms with Gasteiger partial charge in [0.05, 0.1) is 17.7 Å². The zero-order valence-electron chi connectivity index (χ0n) is 25.6. The summed E-state index contributed by atoms with van der Waals surface area (Å²) in [7, 11) is 0. The Labute approximate surface area is 282 Å². The molecule has 0 radical (unpaired) electrons. The van der Waals surface area contributed by atoms with Crippen LogP contribution in [0.25, 0.3) is 10.9 Å². The average molecular weight is 677 g/mol. The fraction of sp³-hybridized carbons (Fsp3) is 0.378. The van der Waals surface area contributed by atoms with E-state index in [9.17, 15) is 19.1 Å². The number of aliphatic hydroxyl groups is 1. The molecule has 4 saturated carbocycles. The number of carbonyl (C=O) groups excluding carboxylic acids is 2. The van der Waals surface area contributed by atoms with Crippen molar-refractivity contribution in [1.82, 2.24) is 15.6 Å². The van der Waals surface area contributed by atoms with Crippen LogP contribution in [0.5, 0.6) is 5.75 Å². The zero-order valence-corrected chi connectivity index (χ0v) is 27.1. The van der Waals surface area contributed by atoms with Crippen LogP contribution < -0.4 is 15.4 Å². The smallest absolute Gasteiger partial charge is 0.251 e. The number of hydrogen-bond donors (Lipinski definition) is 3. The highest BCUT2D eigenvalue weighted by Gasteiger charge is 2.56. The summed E-state index contributed by atoms with van der Waals surface area (Å²) in [6, 6.07) is 20.2. The molecule has 1 aromatic heterocycles. The predicted molar refractivity (Wildman–Crippen MR) is 179 cm³/mol. The van der Waals surface area contributed by atoms with Crippen molar-refractivity contribution in [2.24, 2.45) is 35.5 Å². The highest BCUT2D eigenvalue weighted by molar-refractivity contribution is 6.31. The van der Waals surface area contributed by atoms with Gasteiger partial charge in [-0.3, -0.25) is 14.6 Å². The summed E-state index contributed by atoms with van der Waals surface area (Å²) in [6.45, 7) is 1.41. The number of aliphatic hydroxyl groups excluding tert-OH is 1. The molecule has 0 saturated heterocycles. The van der Waals surface area contributed by atoms with Crippen LogP contribution in [0, 0.1) is 41.3 Å². The first-order valence-electron chi connectivity index (χ1n) is 16.2. The molecule has 7 nitrogen and oxygen atoms in total. The minimum absolute atomic E-state index is 0.0443. The van der Waals surface area contributed by atoms with Gasteiger partial charge in [-0.2, -0.15) is 0 Å². The molecule has 2 amide bonds. The maximum Gasteiger partial charge on any atom is 0.251 e. The van der Waals surface area contributed by atoms with E-state index in [1.807, 2.05) is 0 Å². The van der Waals surface area contributed by atoms with Crippen molar-refractivity contribution >= 4 is 45.9 Å². The first-order chi connectivity index (χ1) is 22.7. The minimum Gasteiger partial charge on any atom is -0.490 e. The molecule has 4 unspecified atom stereocenters. The molecular weight excluding hydrogens is 640 g/mol. The highest BCUT2D eigenvalue weighted by Crippen LogP contribution is 2.58. The summed E-state index contributed by atoms with van der Waals surface area (Å²) >= 11 is 11.6. The van der Waals surface area contributed by atoms with Crippen LogP contribution in [-0.4, -0.2) is 47.2 Å². The van der Waals surface area contributed by atoms with Crippen molar-refractivity contribution in [2.75, 3.05) is 13.1 Å². The van der Waals surface area contributed by atoms with Gasteiger partial charge in [0.15, 0.2) is 0 Å². The molecule has 4 aromatic rings. The van der Waals surface area contributed by atoms with Crippen molar-refractivity contribution in [2.45, 2.75) is 37.9 Å². The van der Waals surface area contributed by atoms with Crippen molar-refractivity contribution < 1.29 is 23.8 Å². The Balaban J connectivity index is 0.000000167. The van der Waals surface area contributed by atoms with E-state index < -0.39 is 0 Å². The Kier molecular flexibility index (Phi) is 9.09. The molecule has 244 valence electrons. The Morgan fingerprint density at radius 2 is 1.28 bits per heavy atom. The van der Waals surface area contributed by atoms with E-state index in [0.717, 1.165) is 37.7 Å². The number of fused-ring (bicyclic) bond motifs is 3. The number of hydrogen-bond acceptors (Lipinski definition) is 5. The molecule has 3 N–H and O–H groups in total. The van der Waals surface area contributed by atoms with E-state index in [4.69, 9.17) is 27.9 Å². The molecule has 1 heterocycles. The first kappa shape index (κ1) is 31.9. The molecule has 47 heavy (non-hydrogen) atoms. The second-order valence-electron chi connectivity index (χ2n) is 13.2. The number of benzene rings is 3. The Morgan fingerprint density at radius 1 is 0.766 bits per heavy atom. The van der Waals surface area contributed by atoms with Crippen LogP contribution >= 0.6 is 23.2 Å². The number of pyridine rings is 1. The predicted octanol–water partition coefficient (Wildman–Crippen LogP) is 6.95. The van der Waals surface area contributed by atoms with Gasteiger partial charge in [-0.15, -0.1) is 0 Å². The maximum atomic E-state index is 13.6. The molecule has 10 heteroatoms. The normalized spacial score (nSPS) is 28.0. The van der Waals surface area contributed by atoms with Crippen molar-refractivity contribution in [1.29, 1.82) is 0 Å². The minimum atomic E-state index is -0.291. The summed E-state index contributed by atoms with van der Waals surface area (Å²) in [5, 5.41) is 17.4. The lowest BCUT2D eigenvalue weighted by Gasteiger charge is -2.18. The van der Waals surface area contributed by atoms with Gasteiger partial charge in [-0.05, 0) is 134 Å². The largest absolute Gasteiger partial charge is 0.490 e. The SMILES string of the molecule is O=C(NCC1[C@H]2CC(O)C[C@@H]12)c1ccc(Cl)cc1.O=C(NCC1[C@H]2CC(Oc3ccnc4ccc(F)cc34)C[C@@H]12)c1ccc(Cl)cc1. The van der Waals surface area contributed by atoms with E-state index in [2.05, 4.69) is 15.6 Å². The van der Waals surface area contributed by atoms with Gasteiger partial charge >= 0.3 is 0 Å². The first-order valence-corrected chi connectivity index (χ1v) is 17.0. The fourth-order valence-electron chi connectivity index (χ4n) is 7.78. The second-order valence-corrected chi connectivity index (χ2v) is 14.1. The van der Waals surface area contributed by atoms with Crippen molar-refractivity contribution in [3.8, 4) is 5.75 Å². The molecule has 8 rings (SSSR count). The molecule has 8 atom stereocenters. The van der Waals surface area contributed by atoms with Gasteiger partial charge in [0.2, 0.25) is 0 Å². The van der Waals surface area contributed by atoms with Gasteiger partial charge in [-0.1, -0.05) is 23.2 Å². The molecule has 0 bridgehead atoms. The molecular formula is C37H36Cl2FN3O4. The molecule has 4 aliphatic carbocycles. The van der Waals surface area contributed by atoms with Crippen LogP contribution in [0.2, 0.25) is 10.0 Å². The number of nitrogens with zero attached hydrogens (tertiary/aromatic N) is 1. The third-order valence-corrected chi connectivity index (χ3v) is 10.8. The quantitative estimate of drug-likeness (QED) is 0.188. The summed E-state index contributed by atoms with van der Waals surface area (Å²) in [5.41, 5.74) is 2.00. The van der Waals surface area contributed by atoms with Crippen LogP contribution in [0.1, 0.15) is 46.4 Å². The fourth-order valence-corrected chi connectivity index (χ4v) is 8.03. The van der Waals surface area contributed by atoms with Crippen LogP contribution in [0.4, 0.5) is 4.39 Å².